The lowest BCUT2D eigenvalue weighted by molar-refractivity contribution is -0.160. The lowest BCUT2D eigenvalue weighted by Crippen LogP contribution is -2.53. The van der Waals surface area contributed by atoms with E-state index in [1.54, 1.807) is 24.0 Å². The number of unbranched alkanes of at least 4 members (excludes halogenated alkanes) is 1. The number of anilines is 1. The number of carbonyl (C=O) groups excluding carboxylic acids is 3. The zero-order chi connectivity index (χ0) is 24.7. The number of nitrogens with one attached hydrogen (secondary N) is 1. The van der Waals surface area contributed by atoms with Gasteiger partial charge in [0.2, 0.25) is 11.8 Å². The molecule has 3 aliphatic heterocycles. The lowest BCUT2D eigenvalue weighted by atomic mass is 9.65. The van der Waals surface area contributed by atoms with Gasteiger partial charge in [0.15, 0.2) is 0 Å². The zero-order valence-electron chi connectivity index (χ0n) is 19.9. The van der Waals surface area contributed by atoms with Gasteiger partial charge in [0, 0.05) is 13.2 Å². The molecule has 2 N–H and O–H groups in total. The molecule has 5 atom stereocenters. The third-order valence-corrected chi connectivity index (χ3v) is 8.06. The van der Waals surface area contributed by atoms with Crippen molar-refractivity contribution >= 4 is 35.1 Å². The van der Waals surface area contributed by atoms with E-state index in [0.717, 1.165) is 5.56 Å². The predicted octanol–water partition coefficient (Wildman–Crippen LogP) is 3.08. The number of amides is 2. The summed E-state index contributed by atoms with van der Waals surface area (Å²) in [4.78, 5) is 42.3. The molecular formula is C25H33ClN2O6. The molecule has 3 aliphatic rings. The number of aliphatic hydroxyl groups is 1. The maximum absolute atomic E-state index is 13.8. The summed E-state index contributed by atoms with van der Waals surface area (Å²) in [5.74, 6) is -2.62. The van der Waals surface area contributed by atoms with Crippen molar-refractivity contribution in [3.63, 3.8) is 0 Å². The van der Waals surface area contributed by atoms with Crippen LogP contribution in [0.3, 0.4) is 0 Å². The van der Waals surface area contributed by atoms with Gasteiger partial charge >= 0.3 is 5.97 Å². The molecule has 0 radical (unpaired) electrons. The average molecular weight is 493 g/mol. The predicted molar refractivity (Wildman–Crippen MR) is 126 cm³/mol. The van der Waals surface area contributed by atoms with Crippen molar-refractivity contribution in [2.75, 3.05) is 25.1 Å². The minimum Gasteiger partial charge on any atom is -0.466 e. The summed E-state index contributed by atoms with van der Waals surface area (Å²) in [5.41, 5.74) is -0.625. The maximum atomic E-state index is 13.8. The van der Waals surface area contributed by atoms with Crippen LogP contribution in [0.25, 0.3) is 0 Å². The third kappa shape index (κ3) is 3.71. The zero-order valence-corrected chi connectivity index (χ0v) is 20.7. The van der Waals surface area contributed by atoms with Crippen molar-refractivity contribution in [3.8, 4) is 0 Å². The van der Waals surface area contributed by atoms with E-state index in [-0.39, 0.29) is 31.6 Å². The van der Waals surface area contributed by atoms with E-state index >= 15 is 0 Å². The number of aliphatic hydroxyl groups excluding tert-OH is 1. The second kappa shape index (κ2) is 9.47. The number of ether oxygens (including phenoxy) is 2. The number of carbonyl (C=O) groups is 3. The summed E-state index contributed by atoms with van der Waals surface area (Å²) in [6.45, 7) is 6.02. The number of halogens is 1. The number of benzene rings is 1. The number of para-hydroxylation sites is 1. The van der Waals surface area contributed by atoms with Crippen LogP contribution in [0.1, 0.15) is 51.5 Å². The van der Waals surface area contributed by atoms with Crippen LogP contribution >= 0.6 is 11.6 Å². The number of aryl methyl sites for hydroxylation is 1. The monoisotopic (exact) mass is 492 g/mol. The van der Waals surface area contributed by atoms with Gasteiger partial charge in [0.25, 0.3) is 0 Å². The van der Waals surface area contributed by atoms with Gasteiger partial charge in [-0.25, -0.2) is 0 Å². The number of nitrogens with zero attached hydrogens (tertiary/aromatic N) is 1. The molecule has 3 fully saturated rings. The number of rotatable bonds is 9. The first kappa shape index (κ1) is 24.9. The Labute approximate surface area is 204 Å². The van der Waals surface area contributed by atoms with Crippen LogP contribution in [0.4, 0.5) is 5.69 Å². The van der Waals surface area contributed by atoms with Crippen LogP contribution in [0.15, 0.2) is 18.2 Å². The van der Waals surface area contributed by atoms with E-state index in [9.17, 15) is 19.5 Å². The van der Waals surface area contributed by atoms with E-state index in [1.807, 2.05) is 19.9 Å². The lowest BCUT2D eigenvalue weighted by Gasteiger charge is -2.33. The third-order valence-electron chi connectivity index (χ3n) is 7.75. The van der Waals surface area contributed by atoms with Gasteiger partial charge in [-0.2, -0.15) is 0 Å². The molecule has 2 amide bonds. The molecule has 0 saturated carbocycles. The molecule has 2 bridgehead atoms. The molecule has 8 nitrogen and oxygen atoms in total. The van der Waals surface area contributed by atoms with Crippen molar-refractivity contribution < 1.29 is 29.0 Å². The first-order chi connectivity index (χ1) is 16.3. The molecule has 0 aromatic heterocycles. The van der Waals surface area contributed by atoms with Gasteiger partial charge in [-0.15, -0.1) is 0 Å². The summed E-state index contributed by atoms with van der Waals surface area (Å²) in [7, 11) is 0. The number of hydrogen-bond donors (Lipinski definition) is 2. The van der Waals surface area contributed by atoms with Gasteiger partial charge in [-0.1, -0.05) is 30.7 Å². The summed E-state index contributed by atoms with van der Waals surface area (Å²) in [6.07, 6.45) is 2.66. The SMILES string of the molecule is CCOC(=O)[C@@H]1[C@H]2C(=O)N(CCCCO)C(C(=O)Nc3c(C)cccc3Cl)C23CC[C@@]1(CC)O3. The Hall–Kier alpha value is -2.16. The van der Waals surface area contributed by atoms with Crippen LogP contribution in [-0.2, 0) is 23.9 Å². The molecule has 1 aromatic rings. The molecule has 186 valence electrons. The van der Waals surface area contributed by atoms with Crippen molar-refractivity contribution in [1.82, 2.24) is 4.90 Å². The minimum atomic E-state index is -1.11. The molecule has 1 aromatic carbocycles. The van der Waals surface area contributed by atoms with Crippen molar-refractivity contribution in [2.24, 2.45) is 11.8 Å². The summed E-state index contributed by atoms with van der Waals surface area (Å²) in [5, 5.41) is 12.6. The minimum absolute atomic E-state index is 0.00677. The average Bonchev–Trinajstić information content (AvgIpc) is 3.40. The van der Waals surface area contributed by atoms with E-state index in [2.05, 4.69) is 5.32 Å². The molecule has 1 spiro atoms. The summed E-state index contributed by atoms with van der Waals surface area (Å²) < 4.78 is 12.0. The molecular weight excluding hydrogens is 460 g/mol. The van der Waals surface area contributed by atoms with Crippen LogP contribution in [0.2, 0.25) is 5.02 Å². The highest BCUT2D eigenvalue weighted by Crippen LogP contribution is 2.64. The van der Waals surface area contributed by atoms with Gasteiger partial charge in [-0.05, 0) is 57.6 Å². The largest absolute Gasteiger partial charge is 0.466 e. The van der Waals surface area contributed by atoms with E-state index in [0.29, 0.717) is 42.8 Å². The van der Waals surface area contributed by atoms with Crippen LogP contribution < -0.4 is 5.32 Å². The number of esters is 1. The molecule has 0 aliphatic carbocycles. The Morgan fingerprint density at radius 1 is 1.29 bits per heavy atom. The second-order valence-corrected chi connectivity index (χ2v) is 9.88. The van der Waals surface area contributed by atoms with Gasteiger partial charge < -0.3 is 24.8 Å². The van der Waals surface area contributed by atoms with Crippen LogP contribution in [0.5, 0.6) is 0 Å². The highest BCUT2D eigenvalue weighted by Gasteiger charge is 2.78. The Kier molecular flexibility index (Phi) is 6.95. The molecule has 9 heteroatoms. The van der Waals surface area contributed by atoms with Gasteiger partial charge in [0.05, 0.1) is 28.8 Å². The maximum Gasteiger partial charge on any atom is 0.312 e. The first-order valence-corrected chi connectivity index (χ1v) is 12.5. The highest BCUT2D eigenvalue weighted by atomic mass is 35.5. The van der Waals surface area contributed by atoms with Crippen LogP contribution in [-0.4, -0.2) is 64.8 Å². The summed E-state index contributed by atoms with van der Waals surface area (Å²) >= 11 is 6.36. The fraction of sp³-hybridized carbons (Fsp3) is 0.640. The molecule has 2 unspecified atom stereocenters. The molecule has 3 heterocycles. The Bertz CT molecular complexity index is 966. The normalized spacial score (nSPS) is 31.6. The van der Waals surface area contributed by atoms with E-state index in [1.165, 1.54) is 0 Å². The highest BCUT2D eigenvalue weighted by molar-refractivity contribution is 6.34. The Morgan fingerprint density at radius 3 is 2.71 bits per heavy atom. The van der Waals surface area contributed by atoms with Gasteiger partial charge in [-0.3, -0.25) is 14.4 Å². The fourth-order valence-electron chi connectivity index (χ4n) is 6.23. The number of hydrogen-bond acceptors (Lipinski definition) is 6. The molecule has 4 rings (SSSR count). The van der Waals surface area contributed by atoms with Crippen molar-refractivity contribution in [2.45, 2.75) is 70.1 Å². The standard InChI is InChI=1S/C25H33ClN2O6/c1-4-24-11-12-25(34-24)17(18(24)23(32)33-5-2)22(31)28(13-6-7-14-29)20(25)21(30)27-19-15(3)9-8-10-16(19)26/h8-10,17-18,20,29H,4-7,11-14H2,1-3H3,(H,27,30)/t17-,18-,20?,24+,25?/m0/s1. The topological polar surface area (TPSA) is 105 Å². The Balaban J connectivity index is 1.75. The Morgan fingerprint density at radius 2 is 2.06 bits per heavy atom. The molecule has 3 saturated heterocycles. The smallest absolute Gasteiger partial charge is 0.312 e. The van der Waals surface area contributed by atoms with Gasteiger partial charge in [0.1, 0.15) is 17.6 Å². The first-order valence-electron chi connectivity index (χ1n) is 12.1. The second-order valence-electron chi connectivity index (χ2n) is 9.47. The number of likely N-dealkylation sites (tertiary alicyclic amines) is 1. The van der Waals surface area contributed by atoms with Crippen molar-refractivity contribution in [1.29, 1.82) is 0 Å². The molecule has 34 heavy (non-hydrogen) atoms. The number of fused-ring (bicyclic) bond motifs is 1. The quantitative estimate of drug-likeness (QED) is 0.405. The van der Waals surface area contributed by atoms with Crippen molar-refractivity contribution in [3.05, 3.63) is 28.8 Å². The van der Waals surface area contributed by atoms with E-state index < -0.39 is 35.0 Å². The summed E-state index contributed by atoms with van der Waals surface area (Å²) in [6, 6.07) is 4.44. The van der Waals surface area contributed by atoms with Crippen LogP contribution in [0, 0.1) is 18.8 Å². The van der Waals surface area contributed by atoms with E-state index in [4.69, 9.17) is 21.1 Å². The fourth-order valence-corrected chi connectivity index (χ4v) is 6.49.